The van der Waals surface area contributed by atoms with Crippen LogP contribution < -0.4 is 15.8 Å². The molecule has 2 aromatic carbocycles. The summed E-state index contributed by atoms with van der Waals surface area (Å²) in [6.45, 7) is -3.11. The average Bonchev–Trinajstić information content (AvgIpc) is 2.37. The van der Waals surface area contributed by atoms with E-state index < -0.39 is 18.2 Å². The minimum atomic E-state index is -3.11. The van der Waals surface area contributed by atoms with Crippen LogP contribution in [-0.4, -0.2) is 6.61 Å². The zero-order valence-electron chi connectivity index (χ0n) is 10.0. The van der Waals surface area contributed by atoms with Gasteiger partial charge in [-0.15, -0.1) is 0 Å². The van der Waals surface area contributed by atoms with Crippen LogP contribution in [0, 0.1) is 5.82 Å². The Kier molecular flexibility index (Phi) is 4.24. The van der Waals surface area contributed by atoms with Gasteiger partial charge in [-0.3, -0.25) is 0 Å². The standard InChI is InChI=1S/C13H10ClF3N2O/c14-7-1-3-8(4-2-7)19-11-6-12(20-13(16)17)9(15)5-10(11)18/h1-6,13,19H,18H2. The molecule has 0 amide bonds. The summed E-state index contributed by atoms with van der Waals surface area (Å²) in [5.74, 6) is -1.53. The van der Waals surface area contributed by atoms with Crippen molar-refractivity contribution in [2.24, 2.45) is 0 Å². The maximum atomic E-state index is 13.4. The Balaban J connectivity index is 2.28. The van der Waals surface area contributed by atoms with Gasteiger partial charge in [0.1, 0.15) is 0 Å². The van der Waals surface area contributed by atoms with Crippen LogP contribution in [0.15, 0.2) is 36.4 Å². The third-order valence-corrected chi connectivity index (χ3v) is 2.70. The van der Waals surface area contributed by atoms with Crippen molar-refractivity contribution >= 4 is 28.7 Å². The molecule has 0 fully saturated rings. The number of ether oxygens (including phenoxy) is 1. The predicted octanol–water partition coefficient (Wildman–Crippen LogP) is 4.41. The topological polar surface area (TPSA) is 47.3 Å². The molecule has 0 bridgehead atoms. The lowest BCUT2D eigenvalue weighted by atomic mass is 10.2. The van der Waals surface area contributed by atoms with E-state index in [0.717, 1.165) is 12.1 Å². The van der Waals surface area contributed by atoms with Crippen LogP contribution in [0.25, 0.3) is 0 Å². The third-order valence-electron chi connectivity index (χ3n) is 2.44. The summed E-state index contributed by atoms with van der Waals surface area (Å²) in [5.41, 5.74) is 6.57. The molecule has 3 N–H and O–H groups in total. The second-order valence-electron chi connectivity index (χ2n) is 3.88. The van der Waals surface area contributed by atoms with Gasteiger partial charge in [-0.25, -0.2) is 4.39 Å². The Morgan fingerprint density at radius 3 is 2.40 bits per heavy atom. The molecule has 0 aliphatic carbocycles. The summed E-state index contributed by atoms with van der Waals surface area (Å²) in [5, 5.41) is 3.41. The normalized spacial score (nSPS) is 10.7. The molecular formula is C13H10ClF3N2O. The van der Waals surface area contributed by atoms with Crippen LogP contribution in [0.3, 0.4) is 0 Å². The monoisotopic (exact) mass is 302 g/mol. The highest BCUT2D eigenvalue weighted by atomic mass is 35.5. The van der Waals surface area contributed by atoms with E-state index in [4.69, 9.17) is 17.3 Å². The number of alkyl halides is 2. The summed E-state index contributed by atoms with van der Waals surface area (Å²) in [6.07, 6.45) is 0. The number of nitrogens with two attached hydrogens (primary N) is 1. The van der Waals surface area contributed by atoms with Gasteiger partial charge in [-0.05, 0) is 24.3 Å². The van der Waals surface area contributed by atoms with Gasteiger partial charge in [0.2, 0.25) is 0 Å². The highest BCUT2D eigenvalue weighted by Crippen LogP contribution is 2.31. The first kappa shape index (κ1) is 14.3. The second-order valence-corrected chi connectivity index (χ2v) is 4.32. The number of hydrogen-bond acceptors (Lipinski definition) is 3. The van der Waals surface area contributed by atoms with Crippen molar-refractivity contribution in [3.05, 3.63) is 47.2 Å². The number of benzene rings is 2. The van der Waals surface area contributed by atoms with E-state index in [-0.39, 0.29) is 11.4 Å². The molecule has 2 rings (SSSR count). The van der Waals surface area contributed by atoms with Gasteiger partial charge < -0.3 is 15.8 Å². The Bertz CT molecular complexity index is 605. The van der Waals surface area contributed by atoms with E-state index in [9.17, 15) is 13.2 Å². The lowest BCUT2D eigenvalue weighted by Crippen LogP contribution is -2.05. The number of nitrogen functional groups attached to an aromatic ring is 1. The van der Waals surface area contributed by atoms with E-state index in [1.165, 1.54) is 0 Å². The fourth-order valence-corrected chi connectivity index (χ4v) is 1.68. The molecule has 0 atom stereocenters. The highest BCUT2D eigenvalue weighted by Gasteiger charge is 2.13. The minimum Gasteiger partial charge on any atom is -0.432 e. The first-order valence-corrected chi connectivity index (χ1v) is 5.90. The molecule has 0 aliphatic heterocycles. The molecule has 0 spiro atoms. The molecule has 0 radical (unpaired) electrons. The molecule has 0 saturated heterocycles. The number of halogens is 4. The summed E-state index contributed by atoms with van der Waals surface area (Å²) in [7, 11) is 0. The molecule has 20 heavy (non-hydrogen) atoms. The number of rotatable bonds is 4. The van der Waals surface area contributed by atoms with E-state index in [0.29, 0.717) is 10.7 Å². The summed E-state index contributed by atoms with van der Waals surface area (Å²) < 4.78 is 41.8. The van der Waals surface area contributed by atoms with Crippen LogP contribution in [0.5, 0.6) is 5.75 Å². The van der Waals surface area contributed by atoms with Crippen LogP contribution in [0.1, 0.15) is 0 Å². The second kappa shape index (κ2) is 5.92. The van der Waals surface area contributed by atoms with Gasteiger partial charge in [-0.2, -0.15) is 8.78 Å². The minimum absolute atomic E-state index is 0.0686. The first-order chi connectivity index (χ1) is 9.45. The Morgan fingerprint density at radius 1 is 1.15 bits per heavy atom. The van der Waals surface area contributed by atoms with Crippen molar-refractivity contribution in [1.82, 2.24) is 0 Å². The van der Waals surface area contributed by atoms with Crippen LogP contribution >= 0.6 is 11.6 Å². The van der Waals surface area contributed by atoms with E-state index in [1.54, 1.807) is 24.3 Å². The quantitative estimate of drug-likeness (QED) is 0.823. The van der Waals surface area contributed by atoms with Crippen LogP contribution in [0.4, 0.5) is 30.2 Å². The van der Waals surface area contributed by atoms with Gasteiger partial charge >= 0.3 is 6.61 Å². The molecule has 3 nitrogen and oxygen atoms in total. The molecule has 7 heteroatoms. The van der Waals surface area contributed by atoms with Crippen molar-refractivity contribution in [3.8, 4) is 5.75 Å². The van der Waals surface area contributed by atoms with Gasteiger partial charge in [0.15, 0.2) is 11.6 Å². The van der Waals surface area contributed by atoms with Crippen LogP contribution in [-0.2, 0) is 0 Å². The Hall–Kier alpha value is -2.08. The summed E-state index contributed by atoms with van der Waals surface area (Å²) >= 11 is 5.74. The number of anilines is 3. The number of nitrogens with one attached hydrogen (secondary N) is 1. The van der Waals surface area contributed by atoms with Gasteiger partial charge in [-0.1, -0.05) is 11.6 Å². The number of hydrogen-bond donors (Lipinski definition) is 2. The average molecular weight is 303 g/mol. The van der Waals surface area contributed by atoms with E-state index in [2.05, 4.69) is 10.1 Å². The maximum absolute atomic E-state index is 13.4. The molecule has 0 aliphatic rings. The fourth-order valence-electron chi connectivity index (χ4n) is 1.55. The molecule has 2 aromatic rings. The molecule has 0 unspecified atom stereocenters. The third kappa shape index (κ3) is 3.48. The van der Waals surface area contributed by atoms with Gasteiger partial charge in [0.05, 0.1) is 11.4 Å². The zero-order chi connectivity index (χ0) is 14.7. The Morgan fingerprint density at radius 2 is 1.80 bits per heavy atom. The fraction of sp³-hybridized carbons (Fsp3) is 0.0769. The summed E-state index contributed by atoms with van der Waals surface area (Å²) in [6, 6.07) is 8.60. The van der Waals surface area contributed by atoms with E-state index in [1.807, 2.05) is 0 Å². The van der Waals surface area contributed by atoms with Crippen molar-refractivity contribution in [2.45, 2.75) is 6.61 Å². The van der Waals surface area contributed by atoms with Gasteiger partial charge in [0.25, 0.3) is 0 Å². The molecule has 0 heterocycles. The lowest BCUT2D eigenvalue weighted by Gasteiger charge is -2.13. The molecule has 0 aromatic heterocycles. The lowest BCUT2D eigenvalue weighted by molar-refractivity contribution is -0.0521. The molecule has 106 valence electrons. The largest absolute Gasteiger partial charge is 0.432 e. The van der Waals surface area contributed by atoms with Gasteiger partial charge in [0, 0.05) is 22.8 Å². The maximum Gasteiger partial charge on any atom is 0.387 e. The van der Waals surface area contributed by atoms with E-state index >= 15 is 0 Å². The summed E-state index contributed by atoms with van der Waals surface area (Å²) in [4.78, 5) is 0. The smallest absolute Gasteiger partial charge is 0.387 e. The van der Waals surface area contributed by atoms with Crippen molar-refractivity contribution < 1.29 is 17.9 Å². The Labute approximate surface area is 118 Å². The molecule has 0 saturated carbocycles. The van der Waals surface area contributed by atoms with Crippen molar-refractivity contribution in [1.29, 1.82) is 0 Å². The molecular weight excluding hydrogens is 293 g/mol. The zero-order valence-corrected chi connectivity index (χ0v) is 10.8. The SMILES string of the molecule is Nc1cc(F)c(OC(F)F)cc1Nc1ccc(Cl)cc1. The van der Waals surface area contributed by atoms with Crippen LogP contribution in [0.2, 0.25) is 5.02 Å². The first-order valence-electron chi connectivity index (χ1n) is 5.52. The van der Waals surface area contributed by atoms with Crippen molar-refractivity contribution in [3.63, 3.8) is 0 Å². The van der Waals surface area contributed by atoms with Crippen molar-refractivity contribution in [2.75, 3.05) is 11.1 Å². The predicted molar refractivity (Wildman–Crippen MR) is 72.2 cm³/mol. The highest BCUT2D eigenvalue weighted by molar-refractivity contribution is 6.30.